The lowest BCUT2D eigenvalue weighted by atomic mass is 9.95. The lowest BCUT2D eigenvalue weighted by Gasteiger charge is -2.11. The van der Waals surface area contributed by atoms with E-state index in [0.29, 0.717) is 0 Å². The molecule has 1 atom stereocenters. The van der Waals surface area contributed by atoms with E-state index in [1.807, 2.05) is 0 Å². The van der Waals surface area contributed by atoms with Crippen molar-refractivity contribution in [1.29, 1.82) is 0 Å². The Morgan fingerprint density at radius 2 is 1.67 bits per heavy atom. The molecule has 0 aromatic carbocycles. The predicted octanol–water partition coefficient (Wildman–Crippen LogP) is 3.47. The van der Waals surface area contributed by atoms with Crippen LogP contribution in [-0.4, -0.2) is 0 Å². The molecule has 0 rings (SSSR count). The molecule has 0 aliphatic rings. The minimum Gasteiger partial charge on any atom is -0.0654 e. The van der Waals surface area contributed by atoms with Gasteiger partial charge >= 0.3 is 0 Å². The molecule has 0 saturated carbocycles. The van der Waals surface area contributed by atoms with E-state index in [1.165, 1.54) is 19.3 Å². The number of hydrogen-bond donors (Lipinski definition) is 0. The Labute approximate surface area is 59.7 Å². The molecule has 0 aromatic rings. The highest BCUT2D eigenvalue weighted by Gasteiger charge is 2.02. The van der Waals surface area contributed by atoms with Crippen LogP contribution in [0.3, 0.4) is 0 Å². The first-order valence-electron chi connectivity index (χ1n) is 4.16. The van der Waals surface area contributed by atoms with Gasteiger partial charge in [-0.3, -0.25) is 0 Å². The Kier molecular flexibility index (Phi) is 4.84. The third-order valence-corrected chi connectivity index (χ3v) is 1.66. The van der Waals surface area contributed by atoms with Crippen molar-refractivity contribution in [3.05, 3.63) is 0 Å². The van der Waals surface area contributed by atoms with Crippen LogP contribution in [0.2, 0.25) is 0 Å². The highest BCUT2D eigenvalue weighted by Crippen LogP contribution is 2.15. The van der Waals surface area contributed by atoms with Crippen LogP contribution in [0.15, 0.2) is 0 Å². The molecular formula is C9H20. The van der Waals surface area contributed by atoms with E-state index in [-0.39, 0.29) is 0 Å². The van der Waals surface area contributed by atoms with Crippen LogP contribution in [0.4, 0.5) is 0 Å². The fourth-order valence-electron chi connectivity index (χ4n) is 1.42. The van der Waals surface area contributed by atoms with Crippen LogP contribution in [0.5, 0.6) is 0 Å². The number of rotatable bonds is 4. The van der Waals surface area contributed by atoms with E-state index in [9.17, 15) is 0 Å². The zero-order valence-electron chi connectivity index (χ0n) is 7.28. The SMILES string of the molecule is CCC[C@@H](C)CC(C)C. The van der Waals surface area contributed by atoms with Gasteiger partial charge in [0, 0.05) is 0 Å². The normalized spacial score (nSPS) is 14.3. The van der Waals surface area contributed by atoms with Crippen molar-refractivity contribution in [2.45, 2.75) is 47.0 Å². The topological polar surface area (TPSA) is 0 Å². The minimum atomic E-state index is 0.881. The molecule has 0 unspecified atom stereocenters. The summed E-state index contributed by atoms with van der Waals surface area (Å²) in [4.78, 5) is 0. The van der Waals surface area contributed by atoms with Crippen molar-refractivity contribution < 1.29 is 0 Å². The van der Waals surface area contributed by atoms with Gasteiger partial charge in [-0.2, -0.15) is 0 Å². The lowest BCUT2D eigenvalue weighted by molar-refractivity contribution is 0.412. The summed E-state index contributed by atoms with van der Waals surface area (Å²) in [5, 5.41) is 0. The molecule has 0 aliphatic carbocycles. The maximum Gasteiger partial charge on any atom is -0.0440 e. The van der Waals surface area contributed by atoms with Gasteiger partial charge in [0.05, 0.1) is 0 Å². The Balaban J connectivity index is 3.15. The van der Waals surface area contributed by atoms with Gasteiger partial charge in [-0.1, -0.05) is 40.5 Å². The first kappa shape index (κ1) is 9.00. The van der Waals surface area contributed by atoms with Gasteiger partial charge in [0.2, 0.25) is 0 Å². The van der Waals surface area contributed by atoms with Gasteiger partial charge in [-0.05, 0) is 18.3 Å². The van der Waals surface area contributed by atoms with E-state index in [4.69, 9.17) is 0 Å². The molecule has 0 fully saturated rings. The number of hydrogen-bond acceptors (Lipinski definition) is 0. The smallest absolute Gasteiger partial charge is 0.0440 e. The van der Waals surface area contributed by atoms with Crippen molar-refractivity contribution in [3.63, 3.8) is 0 Å². The van der Waals surface area contributed by atoms with Gasteiger partial charge in [0.1, 0.15) is 0 Å². The van der Waals surface area contributed by atoms with Gasteiger partial charge in [0.25, 0.3) is 0 Å². The molecular weight excluding hydrogens is 108 g/mol. The van der Waals surface area contributed by atoms with E-state index >= 15 is 0 Å². The maximum atomic E-state index is 2.35. The summed E-state index contributed by atoms with van der Waals surface area (Å²) in [6.07, 6.45) is 4.14. The molecule has 0 bridgehead atoms. The molecule has 9 heavy (non-hydrogen) atoms. The summed E-state index contributed by atoms with van der Waals surface area (Å²) in [5.74, 6) is 1.82. The first-order chi connectivity index (χ1) is 4.16. The molecule has 0 amide bonds. The molecule has 0 radical (unpaired) electrons. The van der Waals surface area contributed by atoms with Crippen LogP contribution in [-0.2, 0) is 0 Å². The fourth-order valence-corrected chi connectivity index (χ4v) is 1.42. The standard InChI is InChI=1S/C9H20/c1-5-6-9(4)7-8(2)3/h8-9H,5-7H2,1-4H3/t9-/m1/s1. The molecule has 56 valence electrons. The van der Waals surface area contributed by atoms with Crippen molar-refractivity contribution in [1.82, 2.24) is 0 Å². The monoisotopic (exact) mass is 128 g/mol. The van der Waals surface area contributed by atoms with E-state index in [0.717, 1.165) is 11.8 Å². The summed E-state index contributed by atoms with van der Waals surface area (Å²) in [5.41, 5.74) is 0. The zero-order valence-corrected chi connectivity index (χ0v) is 7.28. The predicted molar refractivity (Wildman–Crippen MR) is 43.5 cm³/mol. The largest absolute Gasteiger partial charge is 0.0654 e. The van der Waals surface area contributed by atoms with Crippen LogP contribution >= 0.6 is 0 Å². The second kappa shape index (κ2) is 4.84. The van der Waals surface area contributed by atoms with Crippen LogP contribution < -0.4 is 0 Å². The summed E-state index contributed by atoms with van der Waals surface area (Å²) in [6.45, 7) is 9.21. The average molecular weight is 128 g/mol. The second-order valence-corrected chi connectivity index (χ2v) is 3.52. The van der Waals surface area contributed by atoms with Crippen LogP contribution in [0.25, 0.3) is 0 Å². The van der Waals surface area contributed by atoms with Crippen molar-refractivity contribution >= 4 is 0 Å². The maximum absolute atomic E-state index is 2.35. The Hall–Kier alpha value is 0. The highest BCUT2D eigenvalue weighted by molar-refractivity contribution is 4.54. The zero-order chi connectivity index (χ0) is 7.28. The lowest BCUT2D eigenvalue weighted by Crippen LogP contribution is -1.98. The molecule has 0 heterocycles. The third-order valence-electron chi connectivity index (χ3n) is 1.66. The first-order valence-corrected chi connectivity index (χ1v) is 4.16. The fraction of sp³-hybridized carbons (Fsp3) is 1.00. The molecule has 0 nitrogen and oxygen atoms in total. The Morgan fingerprint density at radius 3 is 2.00 bits per heavy atom. The average Bonchev–Trinajstić information content (AvgIpc) is 1.63. The van der Waals surface area contributed by atoms with Gasteiger partial charge < -0.3 is 0 Å². The summed E-state index contributed by atoms with van der Waals surface area (Å²) in [7, 11) is 0. The molecule has 0 aliphatic heterocycles. The van der Waals surface area contributed by atoms with Gasteiger partial charge in [-0.25, -0.2) is 0 Å². The van der Waals surface area contributed by atoms with E-state index in [1.54, 1.807) is 0 Å². The summed E-state index contributed by atoms with van der Waals surface area (Å²) >= 11 is 0. The molecule has 0 heteroatoms. The van der Waals surface area contributed by atoms with E-state index in [2.05, 4.69) is 27.7 Å². The molecule has 0 saturated heterocycles. The summed E-state index contributed by atoms with van der Waals surface area (Å²) < 4.78 is 0. The molecule has 0 spiro atoms. The third kappa shape index (κ3) is 5.88. The minimum absolute atomic E-state index is 0.881. The van der Waals surface area contributed by atoms with Crippen LogP contribution in [0, 0.1) is 11.8 Å². The van der Waals surface area contributed by atoms with Crippen molar-refractivity contribution in [2.75, 3.05) is 0 Å². The van der Waals surface area contributed by atoms with Gasteiger partial charge in [-0.15, -0.1) is 0 Å². The summed E-state index contributed by atoms with van der Waals surface area (Å²) in [6, 6.07) is 0. The molecule has 0 aromatic heterocycles. The Morgan fingerprint density at radius 1 is 1.11 bits per heavy atom. The van der Waals surface area contributed by atoms with Crippen molar-refractivity contribution in [3.8, 4) is 0 Å². The Bertz CT molecular complexity index is 55.1. The quantitative estimate of drug-likeness (QED) is 0.544. The van der Waals surface area contributed by atoms with Gasteiger partial charge in [0.15, 0.2) is 0 Å². The van der Waals surface area contributed by atoms with Crippen molar-refractivity contribution in [2.24, 2.45) is 11.8 Å². The second-order valence-electron chi connectivity index (χ2n) is 3.52. The highest BCUT2D eigenvalue weighted by atomic mass is 14.1. The van der Waals surface area contributed by atoms with E-state index < -0.39 is 0 Å². The molecule has 0 N–H and O–H groups in total. The van der Waals surface area contributed by atoms with Crippen LogP contribution in [0.1, 0.15) is 47.0 Å².